The van der Waals surface area contributed by atoms with Crippen molar-refractivity contribution in [2.24, 2.45) is 0 Å². The zero-order valence-electron chi connectivity index (χ0n) is 11.4. The van der Waals surface area contributed by atoms with Crippen molar-refractivity contribution in [2.45, 2.75) is 19.9 Å². The number of nitrogens with zero attached hydrogens (tertiary/aromatic N) is 2. The number of amides is 1. The van der Waals surface area contributed by atoms with E-state index in [1.807, 2.05) is 38.1 Å². The second kappa shape index (κ2) is 5.98. The van der Waals surface area contributed by atoms with E-state index in [1.54, 1.807) is 18.2 Å². The molecular weight excluding hydrogens is 250 g/mol. The SMILES string of the molecule is Cc1cccc(C(=O)NC(C)c2ccc(C#N)cc2)n1. The molecule has 1 N–H and O–H groups in total. The number of rotatable bonds is 3. The predicted molar refractivity (Wildman–Crippen MR) is 76.0 cm³/mol. The van der Waals surface area contributed by atoms with Gasteiger partial charge in [0.05, 0.1) is 17.7 Å². The van der Waals surface area contributed by atoms with Crippen molar-refractivity contribution in [3.63, 3.8) is 0 Å². The van der Waals surface area contributed by atoms with Crippen molar-refractivity contribution >= 4 is 5.91 Å². The van der Waals surface area contributed by atoms with E-state index >= 15 is 0 Å². The van der Waals surface area contributed by atoms with E-state index in [2.05, 4.69) is 16.4 Å². The highest BCUT2D eigenvalue weighted by Gasteiger charge is 2.12. The molecule has 1 amide bonds. The van der Waals surface area contributed by atoms with Crippen LogP contribution in [0.25, 0.3) is 0 Å². The Labute approximate surface area is 118 Å². The van der Waals surface area contributed by atoms with Gasteiger partial charge in [-0.15, -0.1) is 0 Å². The van der Waals surface area contributed by atoms with Crippen LogP contribution < -0.4 is 5.32 Å². The highest BCUT2D eigenvalue weighted by atomic mass is 16.1. The topological polar surface area (TPSA) is 65.8 Å². The third kappa shape index (κ3) is 3.21. The Kier molecular flexibility index (Phi) is 4.11. The van der Waals surface area contributed by atoms with Gasteiger partial charge in [-0.2, -0.15) is 5.26 Å². The van der Waals surface area contributed by atoms with Crippen LogP contribution in [-0.2, 0) is 0 Å². The summed E-state index contributed by atoms with van der Waals surface area (Å²) in [6, 6.07) is 14.4. The minimum absolute atomic E-state index is 0.141. The fraction of sp³-hybridized carbons (Fsp3) is 0.188. The van der Waals surface area contributed by atoms with Crippen LogP contribution in [0.2, 0.25) is 0 Å². The fourth-order valence-electron chi connectivity index (χ4n) is 1.87. The lowest BCUT2D eigenvalue weighted by atomic mass is 10.1. The third-order valence-electron chi connectivity index (χ3n) is 3.01. The molecule has 0 aliphatic rings. The highest BCUT2D eigenvalue weighted by molar-refractivity contribution is 5.92. The highest BCUT2D eigenvalue weighted by Crippen LogP contribution is 2.13. The lowest BCUT2D eigenvalue weighted by Crippen LogP contribution is -2.27. The Morgan fingerprint density at radius 2 is 1.95 bits per heavy atom. The first-order valence-corrected chi connectivity index (χ1v) is 6.35. The molecule has 1 heterocycles. The second-order valence-electron chi connectivity index (χ2n) is 4.59. The lowest BCUT2D eigenvalue weighted by Gasteiger charge is -2.14. The molecule has 1 unspecified atom stereocenters. The summed E-state index contributed by atoms with van der Waals surface area (Å²) in [6.07, 6.45) is 0. The van der Waals surface area contributed by atoms with Crippen molar-refractivity contribution < 1.29 is 4.79 Å². The summed E-state index contributed by atoms with van der Waals surface area (Å²) in [5.74, 6) is -0.203. The Hall–Kier alpha value is -2.67. The molecule has 4 nitrogen and oxygen atoms in total. The molecule has 2 aromatic rings. The summed E-state index contributed by atoms with van der Waals surface area (Å²) in [5.41, 5.74) is 2.77. The summed E-state index contributed by atoms with van der Waals surface area (Å²) in [5, 5.41) is 11.7. The largest absolute Gasteiger partial charge is 0.344 e. The lowest BCUT2D eigenvalue weighted by molar-refractivity contribution is 0.0934. The van der Waals surface area contributed by atoms with Gasteiger partial charge >= 0.3 is 0 Å². The number of hydrogen-bond acceptors (Lipinski definition) is 3. The molecule has 0 saturated carbocycles. The number of aromatic nitrogens is 1. The van der Waals surface area contributed by atoms with Crippen molar-refractivity contribution in [3.8, 4) is 6.07 Å². The molecule has 0 fully saturated rings. The number of benzene rings is 1. The summed E-state index contributed by atoms with van der Waals surface area (Å²) >= 11 is 0. The van der Waals surface area contributed by atoms with Gasteiger partial charge in [0.2, 0.25) is 0 Å². The van der Waals surface area contributed by atoms with Crippen LogP contribution in [0.1, 0.15) is 40.3 Å². The molecule has 100 valence electrons. The van der Waals surface area contributed by atoms with Gasteiger partial charge in [0.1, 0.15) is 5.69 Å². The van der Waals surface area contributed by atoms with Crippen LogP contribution >= 0.6 is 0 Å². The van der Waals surface area contributed by atoms with Crippen LogP contribution in [0.15, 0.2) is 42.5 Å². The summed E-state index contributed by atoms with van der Waals surface area (Å²) in [4.78, 5) is 16.3. The van der Waals surface area contributed by atoms with Crippen molar-refractivity contribution in [3.05, 3.63) is 65.0 Å². The number of aryl methyl sites for hydroxylation is 1. The number of carbonyl (C=O) groups is 1. The van der Waals surface area contributed by atoms with Gasteiger partial charge in [-0.1, -0.05) is 18.2 Å². The van der Waals surface area contributed by atoms with E-state index in [9.17, 15) is 4.79 Å². The number of hydrogen-bond donors (Lipinski definition) is 1. The van der Waals surface area contributed by atoms with Crippen molar-refractivity contribution in [1.29, 1.82) is 5.26 Å². The van der Waals surface area contributed by atoms with Crippen LogP contribution in [0.3, 0.4) is 0 Å². The Morgan fingerprint density at radius 3 is 2.55 bits per heavy atom. The monoisotopic (exact) mass is 265 g/mol. The molecule has 1 atom stereocenters. The quantitative estimate of drug-likeness (QED) is 0.928. The first-order chi connectivity index (χ1) is 9.60. The standard InChI is InChI=1S/C16H15N3O/c1-11-4-3-5-15(18-11)16(20)19-12(2)14-8-6-13(10-17)7-9-14/h3-9,12H,1-2H3,(H,19,20). The van der Waals surface area contributed by atoms with Gasteiger partial charge in [0.25, 0.3) is 5.91 Å². The molecule has 0 saturated heterocycles. The Morgan fingerprint density at radius 1 is 1.25 bits per heavy atom. The van der Waals surface area contributed by atoms with Crippen LogP contribution in [-0.4, -0.2) is 10.9 Å². The molecular formula is C16H15N3O. The first-order valence-electron chi connectivity index (χ1n) is 6.35. The van der Waals surface area contributed by atoms with Crippen LogP contribution in [0.4, 0.5) is 0 Å². The van der Waals surface area contributed by atoms with Crippen LogP contribution in [0, 0.1) is 18.3 Å². The molecule has 0 spiro atoms. The fourth-order valence-corrected chi connectivity index (χ4v) is 1.87. The van der Waals surface area contributed by atoms with E-state index in [4.69, 9.17) is 5.26 Å². The number of carbonyl (C=O) groups excluding carboxylic acids is 1. The number of nitriles is 1. The molecule has 20 heavy (non-hydrogen) atoms. The Bertz CT molecular complexity index is 656. The predicted octanol–water partition coefficient (Wildman–Crippen LogP) is 2.75. The van der Waals surface area contributed by atoms with Gasteiger partial charge in [-0.25, -0.2) is 4.98 Å². The van der Waals surface area contributed by atoms with Gasteiger partial charge in [0, 0.05) is 5.69 Å². The summed E-state index contributed by atoms with van der Waals surface area (Å²) < 4.78 is 0. The second-order valence-corrected chi connectivity index (χ2v) is 4.59. The molecule has 4 heteroatoms. The minimum Gasteiger partial charge on any atom is -0.344 e. The van der Waals surface area contributed by atoms with E-state index in [-0.39, 0.29) is 11.9 Å². The average molecular weight is 265 g/mol. The molecule has 0 radical (unpaired) electrons. The van der Waals surface area contributed by atoms with Gasteiger partial charge in [-0.3, -0.25) is 4.79 Å². The number of nitrogens with one attached hydrogen (secondary N) is 1. The summed E-state index contributed by atoms with van der Waals surface area (Å²) in [6.45, 7) is 3.75. The molecule has 0 aliphatic heterocycles. The Balaban J connectivity index is 2.09. The molecule has 1 aromatic heterocycles. The number of pyridine rings is 1. The third-order valence-corrected chi connectivity index (χ3v) is 3.01. The molecule has 2 rings (SSSR count). The maximum Gasteiger partial charge on any atom is 0.270 e. The van der Waals surface area contributed by atoms with E-state index in [0.717, 1.165) is 11.3 Å². The zero-order valence-corrected chi connectivity index (χ0v) is 11.4. The van der Waals surface area contributed by atoms with Gasteiger partial charge < -0.3 is 5.32 Å². The normalized spacial score (nSPS) is 11.4. The van der Waals surface area contributed by atoms with Crippen molar-refractivity contribution in [2.75, 3.05) is 0 Å². The maximum atomic E-state index is 12.1. The zero-order chi connectivity index (χ0) is 14.5. The maximum absolute atomic E-state index is 12.1. The van der Waals surface area contributed by atoms with E-state index in [0.29, 0.717) is 11.3 Å². The minimum atomic E-state index is -0.203. The smallest absolute Gasteiger partial charge is 0.270 e. The van der Waals surface area contributed by atoms with Gasteiger partial charge in [-0.05, 0) is 43.7 Å². The molecule has 0 bridgehead atoms. The molecule has 0 aliphatic carbocycles. The summed E-state index contributed by atoms with van der Waals surface area (Å²) in [7, 11) is 0. The van der Waals surface area contributed by atoms with Gasteiger partial charge in [0.15, 0.2) is 0 Å². The van der Waals surface area contributed by atoms with Crippen LogP contribution in [0.5, 0.6) is 0 Å². The average Bonchev–Trinajstić information content (AvgIpc) is 2.47. The first kappa shape index (κ1) is 13.8. The van der Waals surface area contributed by atoms with E-state index in [1.165, 1.54) is 0 Å². The van der Waals surface area contributed by atoms with E-state index < -0.39 is 0 Å². The molecule has 1 aromatic carbocycles. The van der Waals surface area contributed by atoms with Crippen molar-refractivity contribution in [1.82, 2.24) is 10.3 Å².